The maximum absolute atomic E-state index is 12.7. The highest BCUT2D eigenvalue weighted by Crippen LogP contribution is 2.25. The van der Waals surface area contributed by atoms with Gasteiger partial charge in [-0.15, -0.1) is 0 Å². The first-order valence-corrected chi connectivity index (χ1v) is 7.11. The summed E-state index contributed by atoms with van der Waals surface area (Å²) >= 11 is 0. The van der Waals surface area contributed by atoms with E-state index in [1.54, 1.807) is 4.68 Å². The van der Waals surface area contributed by atoms with Gasteiger partial charge in [0.1, 0.15) is 0 Å². The number of alkyl halides is 3. The SMILES string of the molecule is CCCNC(Cc1nn(C)c2ccccc12)CC(F)(F)F. The fourth-order valence-corrected chi connectivity index (χ4v) is 2.52. The highest BCUT2D eigenvalue weighted by molar-refractivity contribution is 5.81. The number of aromatic nitrogens is 2. The van der Waals surface area contributed by atoms with E-state index in [9.17, 15) is 13.2 Å². The first kappa shape index (κ1) is 15.8. The molecular formula is C15H20F3N3. The van der Waals surface area contributed by atoms with Gasteiger partial charge in [0.15, 0.2) is 0 Å². The Morgan fingerprint density at radius 1 is 1.29 bits per heavy atom. The van der Waals surface area contributed by atoms with Crippen LogP contribution in [0.3, 0.4) is 0 Å². The smallest absolute Gasteiger partial charge is 0.313 e. The second-order valence-electron chi connectivity index (χ2n) is 5.26. The van der Waals surface area contributed by atoms with Crippen LogP contribution in [0, 0.1) is 0 Å². The van der Waals surface area contributed by atoms with Gasteiger partial charge in [-0.3, -0.25) is 4.68 Å². The number of rotatable bonds is 6. The van der Waals surface area contributed by atoms with E-state index in [-0.39, 0.29) is 6.42 Å². The first-order chi connectivity index (χ1) is 9.90. The molecule has 1 N–H and O–H groups in total. The van der Waals surface area contributed by atoms with Crippen LogP contribution in [-0.4, -0.2) is 28.5 Å². The van der Waals surface area contributed by atoms with Crippen LogP contribution in [0.4, 0.5) is 13.2 Å². The van der Waals surface area contributed by atoms with E-state index in [0.717, 1.165) is 17.3 Å². The third-order valence-corrected chi connectivity index (χ3v) is 3.43. The van der Waals surface area contributed by atoms with Gasteiger partial charge >= 0.3 is 6.18 Å². The average Bonchev–Trinajstić information content (AvgIpc) is 2.72. The zero-order valence-electron chi connectivity index (χ0n) is 12.2. The predicted molar refractivity (Wildman–Crippen MR) is 77.2 cm³/mol. The molecule has 0 fully saturated rings. The van der Waals surface area contributed by atoms with Crippen molar-refractivity contribution in [1.82, 2.24) is 15.1 Å². The summed E-state index contributed by atoms with van der Waals surface area (Å²) in [6.45, 7) is 2.51. The van der Waals surface area contributed by atoms with Gasteiger partial charge in [-0.2, -0.15) is 18.3 Å². The number of nitrogens with zero attached hydrogens (tertiary/aromatic N) is 2. The molecule has 1 aromatic carbocycles. The number of nitrogens with one attached hydrogen (secondary N) is 1. The predicted octanol–water partition coefficient (Wildman–Crippen LogP) is 3.44. The minimum atomic E-state index is -4.17. The maximum atomic E-state index is 12.7. The first-order valence-electron chi connectivity index (χ1n) is 7.11. The summed E-state index contributed by atoms with van der Waals surface area (Å²) in [6, 6.07) is 6.97. The molecule has 0 bridgehead atoms. The molecule has 1 atom stereocenters. The zero-order valence-corrected chi connectivity index (χ0v) is 12.2. The minimum Gasteiger partial charge on any atom is -0.313 e. The van der Waals surface area contributed by atoms with Crippen LogP contribution in [-0.2, 0) is 13.5 Å². The van der Waals surface area contributed by atoms with Gasteiger partial charge in [0, 0.05) is 24.9 Å². The lowest BCUT2D eigenvalue weighted by Gasteiger charge is -2.19. The summed E-state index contributed by atoms with van der Waals surface area (Å²) in [6.07, 6.45) is -3.92. The van der Waals surface area contributed by atoms with Crippen molar-refractivity contribution in [3.8, 4) is 0 Å². The molecule has 21 heavy (non-hydrogen) atoms. The standard InChI is InChI=1S/C15H20F3N3/c1-3-8-19-11(10-15(16,17)18)9-13-12-6-4-5-7-14(12)21(2)20-13/h4-7,11,19H,3,8-10H2,1-2H3. The van der Waals surface area contributed by atoms with Crippen molar-refractivity contribution in [2.24, 2.45) is 7.05 Å². The van der Waals surface area contributed by atoms with Gasteiger partial charge in [0.05, 0.1) is 17.6 Å². The van der Waals surface area contributed by atoms with Crippen LogP contribution in [0.2, 0.25) is 0 Å². The van der Waals surface area contributed by atoms with E-state index in [4.69, 9.17) is 0 Å². The molecule has 1 unspecified atom stereocenters. The number of para-hydroxylation sites is 1. The van der Waals surface area contributed by atoms with Crippen molar-refractivity contribution < 1.29 is 13.2 Å². The molecule has 1 heterocycles. The lowest BCUT2D eigenvalue weighted by molar-refractivity contribution is -0.139. The van der Waals surface area contributed by atoms with Crippen LogP contribution in [0.1, 0.15) is 25.5 Å². The lowest BCUT2D eigenvalue weighted by atomic mass is 10.0. The summed E-state index contributed by atoms with van der Waals surface area (Å²) in [5.74, 6) is 0. The minimum absolute atomic E-state index is 0.279. The molecule has 0 aliphatic heterocycles. The summed E-state index contributed by atoms with van der Waals surface area (Å²) in [7, 11) is 1.81. The average molecular weight is 299 g/mol. The second-order valence-corrected chi connectivity index (χ2v) is 5.26. The molecule has 0 amide bonds. The molecular weight excluding hydrogens is 279 g/mol. The summed E-state index contributed by atoms with van der Waals surface area (Å²) in [5, 5.41) is 8.28. The zero-order chi connectivity index (χ0) is 15.5. The lowest BCUT2D eigenvalue weighted by Crippen LogP contribution is -2.36. The van der Waals surface area contributed by atoms with E-state index in [2.05, 4.69) is 10.4 Å². The van der Waals surface area contributed by atoms with Crippen LogP contribution in [0.25, 0.3) is 10.9 Å². The Kier molecular flexibility index (Phi) is 4.88. The molecule has 116 valence electrons. The Morgan fingerprint density at radius 2 is 2.00 bits per heavy atom. The monoisotopic (exact) mass is 299 g/mol. The Balaban J connectivity index is 2.21. The molecule has 2 aromatic rings. The van der Waals surface area contributed by atoms with Crippen molar-refractivity contribution >= 4 is 10.9 Å². The van der Waals surface area contributed by atoms with Crippen molar-refractivity contribution in [2.75, 3.05) is 6.54 Å². The topological polar surface area (TPSA) is 29.9 Å². The van der Waals surface area contributed by atoms with E-state index < -0.39 is 18.6 Å². The normalized spacial score (nSPS) is 13.8. The molecule has 6 heteroatoms. The van der Waals surface area contributed by atoms with E-state index >= 15 is 0 Å². The largest absolute Gasteiger partial charge is 0.390 e. The van der Waals surface area contributed by atoms with Crippen molar-refractivity contribution in [1.29, 1.82) is 0 Å². The Bertz CT molecular complexity index is 589. The van der Waals surface area contributed by atoms with Gasteiger partial charge in [0.2, 0.25) is 0 Å². The number of fused-ring (bicyclic) bond motifs is 1. The summed E-state index contributed by atoms with van der Waals surface area (Å²) < 4.78 is 39.8. The van der Waals surface area contributed by atoms with Crippen LogP contribution in [0.15, 0.2) is 24.3 Å². The molecule has 0 saturated carbocycles. The fourth-order valence-electron chi connectivity index (χ4n) is 2.52. The van der Waals surface area contributed by atoms with Gasteiger partial charge in [0.25, 0.3) is 0 Å². The molecule has 0 saturated heterocycles. The van der Waals surface area contributed by atoms with Crippen LogP contribution in [0.5, 0.6) is 0 Å². The molecule has 0 spiro atoms. The Hall–Kier alpha value is -1.56. The number of aryl methyl sites for hydroxylation is 1. The number of hydrogen-bond donors (Lipinski definition) is 1. The molecule has 3 nitrogen and oxygen atoms in total. The van der Waals surface area contributed by atoms with E-state index in [1.807, 2.05) is 38.2 Å². The van der Waals surface area contributed by atoms with Crippen molar-refractivity contribution in [3.63, 3.8) is 0 Å². The third-order valence-electron chi connectivity index (χ3n) is 3.43. The second kappa shape index (κ2) is 6.47. The van der Waals surface area contributed by atoms with Gasteiger partial charge in [-0.05, 0) is 19.0 Å². The fraction of sp³-hybridized carbons (Fsp3) is 0.533. The van der Waals surface area contributed by atoms with Gasteiger partial charge in [-0.25, -0.2) is 0 Å². The number of hydrogen-bond acceptors (Lipinski definition) is 2. The number of halogens is 3. The molecule has 1 aromatic heterocycles. The van der Waals surface area contributed by atoms with Gasteiger partial charge < -0.3 is 5.32 Å². The molecule has 0 aliphatic rings. The Labute approximate surface area is 122 Å². The maximum Gasteiger partial charge on any atom is 0.390 e. The van der Waals surface area contributed by atoms with Crippen LogP contribution >= 0.6 is 0 Å². The number of benzene rings is 1. The molecule has 0 aliphatic carbocycles. The van der Waals surface area contributed by atoms with E-state index in [1.165, 1.54) is 0 Å². The molecule has 0 radical (unpaired) electrons. The van der Waals surface area contributed by atoms with Crippen molar-refractivity contribution in [2.45, 2.75) is 38.4 Å². The van der Waals surface area contributed by atoms with Crippen LogP contribution < -0.4 is 5.32 Å². The quantitative estimate of drug-likeness (QED) is 0.885. The molecule has 2 rings (SSSR count). The Morgan fingerprint density at radius 3 is 2.67 bits per heavy atom. The highest BCUT2D eigenvalue weighted by atomic mass is 19.4. The highest BCUT2D eigenvalue weighted by Gasteiger charge is 2.32. The summed E-state index contributed by atoms with van der Waals surface area (Å²) in [5.41, 5.74) is 1.65. The van der Waals surface area contributed by atoms with Crippen molar-refractivity contribution in [3.05, 3.63) is 30.0 Å². The van der Waals surface area contributed by atoms with Gasteiger partial charge in [-0.1, -0.05) is 25.1 Å². The van der Waals surface area contributed by atoms with E-state index in [0.29, 0.717) is 12.2 Å². The third kappa shape index (κ3) is 4.20. The summed E-state index contributed by atoms with van der Waals surface area (Å²) in [4.78, 5) is 0.